The Hall–Kier alpha value is -1.57. The summed E-state index contributed by atoms with van der Waals surface area (Å²) >= 11 is 0. The van der Waals surface area contributed by atoms with Crippen LogP contribution in [0.2, 0.25) is 0 Å². The van der Waals surface area contributed by atoms with E-state index in [0.717, 1.165) is 24.3 Å². The third-order valence-electron chi connectivity index (χ3n) is 4.06. The van der Waals surface area contributed by atoms with Gasteiger partial charge in [-0.3, -0.25) is 0 Å². The number of fused-ring (bicyclic) bond motifs is 1. The Morgan fingerprint density at radius 3 is 3.11 bits per heavy atom. The minimum absolute atomic E-state index is 0.129. The van der Waals surface area contributed by atoms with E-state index in [2.05, 4.69) is 11.4 Å². The summed E-state index contributed by atoms with van der Waals surface area (Å²) in [5.74, 6) is 0.484. The van der Waals surface area contributed by atoms with Crippen LogP contribution in [0.3, 0.4) is 0 Å². The highest BCUT2D eigenvalue weighted by molar-refractivity contribution is 5.60. The number of nitrogens with zero attached hydrogens (tertiary/aromatic N) is 1. The highest BCUT2D eigenvalue weighted by Gasteiger charge is 2.52. The summed E-state index contributed by atoms with van der Waals surface area (Å²) in [5, 5.41) is 12.5. The first kappa shape index (κ1) is 11.5. The molecule has 0 radical (unpaired) electrons. The summed E-state index contributed by atoms with van der Waals surface area (Å²) in [6.07, 6.45) is 1.27. The van der Waals surface area contributed by atoms with Gasteiger partial charge in [0.05, 0.1) is 23.4 Å². The van der Waals surface area contributed by atoms with Gasteiger partial charge in [0.25, 0.3) is 0 Å². The van der Waals surface area contributed by atoms with Crippen molar-refractivity contribution in [3.05, 3.63) is 29.3 Å². The van der Waals surface area contributed by atoms with Gasteiger partial charge >= 0.3 is 0 Å². The maximum absolute atomic E-state index is 9.11. The number of hydrogen-bond donors (Lipinski definition) is 2. The van der Waals surface area contributed by atoms with Gasteiger partial charge in [-0.15, -0.1) is 0 Å². The highest BCUT2D eigenvalue weighted by atomic mass is 16.5. The normalized spacial score (nSPS) is 33.4. The molecule has 4 atom stereocenters. The fourth-order valence-corrected chi connectivity index (χ4v) is 2.98. The molecule has 1 heterocycles. The number of ether oxygens (including phenoxy) is 1. The zero-order chi connectivity index (χ0) is 12.7. The van der Waals surface area contributed by atoms with Gasteiger partial charge in [0.15, 0.2) is 0 Å². The van der Waals surface area contributed by atoms with Crippen molar-refractivity contribution < 1.29 is 4.74 Å². The number of aryl methyl sites for hydroxylation is 1. The molecule has 94 valence electrons. The van der Waals surface area contributed by atoms with E-state index in [1.807, 2.05) is 25.1 Å². The van der Waals surface area contributed by atoms with Gasteiger partial charge in [-0.25, -0.2) is 0 Å². The Morgan fingerprint density at radius 2 is 2.33 bits per heavy atom. The van der Waals surface area contributed by atoms with Gasteiger partial charge in [-0.1, -0.05) is 6.07 Å². The number of nitrogens with two attached hydrogens (primary N) is 1. The van der Waals surface area contributed by atoms with Gasteiger partial charge < -0.3 is 15.8 Å². The monoisotopic (exact) mass is 243 g/mol. The maximum atomic E-state index is 9.11. The van der Waals surface area contributed by atoms with Gasteiger partial charge in [0.2, 0.25) is 0 Å². The second kappa shape index (κ2) is 4.27. The van der Waals surface area contributed by atoms with E-state index in [0.29, 0.717) is 11.5 Å². The van der Waals surface area contributed by atoms with Crippen molar-refractivity contribution in [2.24, 2.45) is 11.7 Å². The molecule has 18 heavy (non-hydrogen) atoms. The summed E-state index contributed by atoms with van der Waals surface area (Å²) in [4.78, 5) is 0. The molecule has 3 rings (SSSR count). The van der Waals surface area contributed by atoms with E-state index < -0.39 is 0 Å². The van der Waals surface area contributed by atoms with Gasteiger partial charge in [-0.05, 0) is 31.0 Å². The predicted octanol–water partition coefficient (Wildman–Crippen LogP) is 1.39. The molecule has 0 bridgehead atoms. The molecule has 1 saturated carbocycles. The Labute approximate surface area is 107 Å². The Bertz CT molecular complexity index is 508. The summed E-state index contributed by atoms with van der Waals surface area (Å²) < 4.78 is 5.69. The largest absolute Gasteiger partial charge is 0.377 e. The first-order valence-corrected chi connectivity index (χ1v) is 6.35. The van der Waals surface area contributed by atoms with Crippen LogP contribution in [0.15, 0.2) is 18.2 Å². The van der Waals surface area contributed by atoms with E-state index in [4.69, 9.17) is 15.7 Å². The maximum Gasteiger partial charge on any atom is 0.101 e. The molecule has 2 aliphatic rings. The Balaban J connectivity index is 1.81. The quantitative estimate of drug-likeness (QED) is 0.823. The molecular weight excluding hydrogens is 226 g/mol. The van der Waals surface area contributed by atoms with Crippen molar-refractivity contribution in [1.82, 2.24) is 0 Å². The van der Waals surface area contributed by atoms with Crippen molar-refractivity contribution in [1.29, 1.82) is 5.26 Å². The van der Waals surface area contributed by atoms with Crippen LogP contribution in [0.5, 0.6) is 0 Å². The second-order valence-corrected chi connectivity index (χ2v) is 5.20. The molecule has 4 nitrogen and oxygen atoms in total. The molecule has 1 saturated heterocycles. The summed E-state index contributed by atoms with van der Waals surface area (Å²) in [6, 6.07) is 8.25. The number of benzene rings is 1. The average molecular weight is 243 g/mol. The minimum Gasteiger partial charge on any atom is -0.377 e. The number of nitrogens with one attached hydrogen (secondary N) is 1. The molecule has 1 aliphatic carbocycles. The van der Waals surface area contributed by atoms with Crippen molar-refractivity contribution in [3.63, 3.8) is 0 Å². The van der Waals surface area contributed by atoms with E-state index in [9.17, 15) is 0 Å². The standard InChI is InChI=1S/C14H17N3O/c1-8-2-3-9(7-15)11(6-8)17-13-12(16)10-4-5-18-14(10)13/h2-3,6,10,12-14,17H,4-5,16H2,1H3. The fourth-order valence-electron chi connectivity index (χ4n) is 2.98. The molecular formula is C14H17N3O. The Morgan fingerprint density at radius 1 is 1.50 bits per heavy atom. The first-order valence-electron chi connectivity index (χ1n) is 6.35. The SMILES string of the molecule is Cc1ccc(C#N)c(NC2C(N)C3CCOC32)c1. The van der Waals surface area contributed by atoms with Crippen LogP contribution in [-0.4, -0.2) is 24.8 Å². The lowest BCUT2D eigenvalue weighted by Gasteiger charge is -2.46. The summed E-state index contributed by atoms with van der Waals surface area (Å²) in [7, 11) is 0. The lowest BCUT2D eigenvalue weighted by molar-refractivity contribution is 0.00537. The summed E-state index contributed by atoms with van der Waals surface area (Å²) in [6.45, 7) is 2.82. The van der Waals surface area contributed by atoms with Crippen LogP contribution in [0.4, 0.5) is 5.69 Å². The van der Waals surface area contributed by atoms with Crippen molar-refractivity contribution in [3.8, 4) is 6.07 Å². The number of rotatable bonds is 2. The molecule has 0 aromatic heterocycles. The topological polar surface area (TPSA) is 71.1 Å². The summed E-state index contributed by atoms with van der Waals surface area (Å²) in [5.41, 5.74) is 8.82. The van der Waals surface area contributed by atoms with Gasteiger partial charge in [0.1, 0.15) is 6.07 Å². The zero-order valence-corrected chi connectivity index (χ0v) is 10.4. The van der Waals surface area contributed by atoms with Crippen LogP contribution >= 0.6 is 0 Å². The van der Waals surface area contributed by atoms with Crippen LogP contribution in [0.1, 0.15) is 17.5 Å². The first-order chi connectivity index (χ1) is 8.70. The average Bonchev–Trinajstić information content (AvgIpc) is 2.81. The molecule has 0 amide bonds. The molecule has 4 unspecified atom stereocenters. The van der Waals surface area contributed by atoms with Crippen molar-refractivity contribution in [2.45, 2.75) is 31.5 Å². The van der Waals surface area contributed by atoms with Crippen LogP contribution in [0.25, 0.3) is 0 Å². The minimum atomic E-state index is 0.129. The van der Waals surface area contributed by atoms with Crippen molar-refractivity contribution >= 4 is 5.69 Å². The molecule has 2 fully saturated rings. The van der Waals surface area contributed by atoms with Crippen LogP contribution in [0, 0.1) is 24.2 Å². The number of hydrogen-bond acceptors (Lipinski definition) is 4. The van der Waals surface area contributed by atoms with Crippen LogP contribution in [-0.2, 0) is 4.74 Å². The van der Waals surface area contributed by atoms with Crippen LogP contribution < -0.4 is 11.1 Å². The zero-order valence-electron chi connectivity index (χ0n) is 10.4. The lowest BCUT2D eigenvalue weighted by Crippen LogP contribution is -2.65. The van der Waals surface area contributed by atoms with Gasteiger partial charge in [0, 0.05) is 18.6 Å². The number of nitriles is 1. The molecule has 4 heteroatoms. The third-order valence-corrected chi connectivity index (χ3v) is 4.06. The van der Waals surface area contributed by atoms with E-state index >= 15 is 0 Å². The molecule has 1 aromatic carbocycles. The van der Waals surface area contributed by atoms with E-state index in [1.54, 1.807) is 0 Å². The molecule has 0 spiro atoms. The fraction of sp³-hybridized carbons (Fsp3) is 0.500. The van der Waals surface area contributed by atoms with E-state index in [-0.39, 0.29) is 18.2 Å². The third kappa shape index (κ3) is 1.67. The smallest absolute Gasteiger partial charge is 0.101 e. The highest BCUT2D eigenvalue weighted by Crippen LogP contribution is 2.39. The lowest BCUT2D eigenvalue weighted by atomic mass is 9.72. The molecule has 1 aliphatic heterocycles. The molecule has 1 aromatic rings. The second-order valence-electron chi connectivity index (χ2n) is 5.20. The van der Waals surface area contributed by atoms with Crippen molar-refractivity contribution in [2.75, 3.05) is 11.9 Å². The van der Waals surface area contributed by atoms with E-state index in [1.165, 1.54) is 0 Å². The molecule has 3 N–H and O–H groups in total. The van der Waals surface area contributed by atoms with Gasteiger partial charge in [-0.2, -0.15) is 5.26 Å². The number of anilines is 1. The Kier molecular flexibility index (Phi) is 2.73. The predicted molar refractivity (Wildman–Crippen MR) is 69.1 cm³/mol.